The van der Waals surface area contributed by atoms with E-state index < -0.39 is 0 Å². The third-order valence-electron chi connectivity index (χ3n) is 6.12. The van der Waals surface area contributed by atoms with Crippen molar-refractivity contribution < 1.29 is 9.21 Å². The quantitative estimate of drug-likeness (QED) is 0.856. The predicted octanol–water partition coefficient (Wildman–Crippen LogP) is 2.54. The molecule has 1 aromatic rings. The molecule has 3 heterocycles. The van der Waals surface area contributed by atoms with Crippen LogP contribution in [0.5, 0.6) is 0 Å². The van der Waals surface area contributed by atoms with Crippen molar-refractivity contribution in [2.75, 3.05) is 26.2 Å². The van der Waals surface area contributed by atoms with Crippen molar-refractivity contribution >= 4 is 5.91 Å². The van der Waals surface area contributed by atoms with Gasteiger partial charge in [-0.3, -0.25) is 9.69 Å². The molecule has 0 N–H and O–H groups in total. The third kappa shape index (κ3) is 3.44. The molecule has 2 aliphatic heterocycles. The Kier molecular flexibility index (Phi) is 4.38. The molecule has 0 spiro atoms. The van der Waals surface area contributed by atoms with E-state index in [1.807, 2.05) is 0 Å². The summed E-state index contributed by atoms with van der Waals surface area (Å²) in [6.45, 7) is 5.07. The fourth-order valence-electron chi connectivity index (χ4n) is 4.71. The topological polar surface area (TPSA) is 49.6 Å². The van der Waals surface area contributed by atoms with Crippen LogP contribution < -0.4 is 0 Å². The smallest absolute Gasteiger partial charge is 0.222 e. The number of fused-ring (bicyclic) bond motifs is 1. The molecule has 126 valence electrons. The Balaban J connectivity index is 1.21. The lowest BCUT2D eigenvalue weighted by molar-refractivity contribution is -0.131. The van der Waals surface area contributed by atoms with E-state index in [0.29, 0.717) is 11.8 Å². The van der Waals surface area contributed by atoms with Crippen LogP contribution in [0.2, 0.25) is 0 Å². The summed E-state index contributed by atoms with van der Waals surface area (Å²) in [5.74, 6) is 2.59. The minimum Gasteiger partial charge on any atom is -0.451 e. The van der Waals surface area contributed by atoms with Gasteiger partial charge in [-0.2, -0.15) is 0 Å². The highest BCUT2D eigenvalue weighted by Crippen LogP contribution is 2.38. The van der Waals surface area contributed by atoms with E-state index in [2.05, 4.69) is 14.8 Å². The summed E-state index contributed by atoms with van der Waals surface area (Å²) in [7, 11) is 0. The summed E-state index contributed by atoms with van der Waals surface area (Å²) in [5, 5.41) is 0. The number of nitrogens with zero attached hydrogens (tertiary/aromatic N) is 3. The molecule has 0 bridgehead atoms. The molecule has 2 unspecified atom stereocenters. The highest BCUT2D eigenvalue weighted by atomic mass is 16.3. The SMILES string of the molecule is O=C(CC1CCN(Cc2cocn2)CC1)N1CC2CCCC2C1. The average molecular weight is 317 g/mol. The maximum absolute atomic E-state index is 12.6. The number of hydrogen-bond acceptors (Lipinski definition) is 4. The molecule has 5 nitrogen and oxygen atoms in total. The predicted molar refractivity (Wildman–Crippen MR) is 86.5 cm³/mol. The molecule has 5 heteroatoms. The zero-order chi connectivity index (χ0) is 15.6. The molecule has 3 aliphatic rings. The van der Waals surface area contributed by atoms with Crippen molar-refractivity contribution in [3.8, 4) is 0 Å². The van der Waals surface area contributed by atoms with E-state index >= 15 is 0 Å². The first-order valence-electron chi connectivity index (χ1n) is 9.15. The van der Waals surface area contributed by atoms with Gasteiger partial charge in [-0.25, -0.2) is 4.98 Å². The lowest BCUT2D eigenvalue weighted by Crippen LogP contribution is -2.36. The second kappa shape index (κ2) is 6.63. The molecular weight excluding hydrogens is 290 g/mol. The van der Waals surface area contributed by atoms with Gasteiger partial charge < -0.3 is 9.32 Å². The summed E-state index contributed by atoms with van der Waals surface area (Å²) >= 11 is 0. The fraction of sp³-hybridized carbons (Fsp3) is 0.778. The Morgan fingerprint density at radius 2 is 1.91 bits per heavy atom. The van der Waals surface area contributed by atoms with Crippen LogP contribution in [-0.4, -0.2) is 46.9 Å². The number of amides is 1. The van der Waals surface area contributed by atoms with E-state index in [-0.39, 0.29) is 0 Å². The number of carbonyl (C=O) groups is 1. The van der Waals surface area contributed by atoms with Crippen molar-refractivity contribution in [2.24, 2.45) is 17.8 Å². The molecule has 2 atom stereocenters. The van der Waals surface area contributed by atoms with Gasteiger partial charge in [-0.1, -0.05) is 6.42 Å². The Morgan fingerprint density at radius 1 is 1.17 bits per heavy atom. The molecule has 0 radical (unpaired) electrons. The van der Waals surface area contributed by atoms with Crippen LogP contribution in [0.15, 0.2) is 17.1 Å². The Morgan fingerprint density at radius 3 is 2.57 bits per heavy atom. The lowest BCUT2D eigenvalue weighted by Gasteiger charge is -2.32. The minimum absolute atomic E-state index is 0.411. The summed E-state index contributed by atoms with van der Waals surface area (Å²) < 4.78 is 5.03. The Bertz CT molecular complexity index is 510. The van der Waals surface area contributed by atoms with E-state index in [9.17, 15) is 4.79 Å². The molecule has 0 aromatic carbocycles. The maximum Gasteiger partial charge on any atom is 0.222 e. The average Bonchev–Trinajstić information content (AvgIpc) is 3.25. The van der Waals surface area contributed by atoms with E-state index in [1.54, 1.807) is 6.26 Å². The summed E-state index contributed by atoms with van der Waals surface area (Å²) in [6.07, 6.45) is 10.3. The number of carbonyl (C=O) groups excluding carboxylic acids is 1. The van der Waals surface area contributed by atoms with Gasteiger partial charge in [0.2, 0.25) is 5.91 Å². The zero-order valence-electron chi connectivity index (χ0n) is 13.8. The summed E-state index contributed by atoms with van der Waals surface area (Å²) in [4.78, 5) is 21.3. The molecule has 1 aromatic heterocycles. The monoisotopic (exact) mass is 317 g/mol. The molecule has 1 saturated carbocycles. The van der Waals surface area contributed by atoms with Gasteiger partial charge in [0, 0.05) is 26.1 Å². The second-order valence-electron chi connectivity index (χ2n) is 7.65. The van der Waals surface area contributed by atoms with Crippen LogP contribution in [0.4, 0.5) is 0 Å². The number of hydrogen-bond donors (Lipinski definition) is 0. The first-order chi connectivity index (χ1) is 11.3. The molecule has 1 amide bonds. The van der Waals surface area contributed by atoms with E-state index in [0.717, 1.165) is 69.5 Å². The van der Waals surface area contributed by atoms with Crippen molar-refractivity contribution in [3.63, 3.8) is 0 Å². The standard InChI is InChI=1S/C18H27N3O2/c22-18(21-9-15-2-1-3-16(15)10-21)8-14-4-6-20(7-5-14)11-17-12-23-13-19-17/h12-16H,1-11H2. The van der Waals surface area contributed by atoms with Crippen LogP contribution in [0.3, 0.4) is 0 Å². The van der Waals surface area contributed by atoms with Crippen LogP contribution in [0.25, 0.3) is 0 Å². The van der Waals surface area contributed by atoms with Crippen LogP contribution in [0, 0.1) is 17.8 Å². The maximum atomic E-state index is 12.6. The van der Waals surface area contributed by atoms with Crippen LogP contribution in [-0.2, 0) is 11.3 Å². The number of piperidine rings is 1. The van der Waals surface area contributed by atoms with E-state index in [4.69, 9.17) is 4.42 Å². The molecule has 3 fully saturated rings. The van der Waals surface area contributed by atoms with Gasteiger partial charge in [-0.15, -0.1) is 0 Å². The first kappa shape index (κ1) is 15.2. The van der Waals surface area contributed by atoms with Gasteiger partial charge in [-0.05, 0) is 56.5 Å². The van der Waals surface area contributed by atoms with Gasteiger partial charge in [0.1, 0.15) is 6.26 Å². The van der Waals surface area contributed by atoms with Crippen LogP contribution in [0.1, 0.15) is 44.2 Å². The van der Waals surface area contributed by atoms with Crippen molar-refractivity contribution in [1.29, 1.82) is 0 Å². The second-order valence-corrected chi connectivity index (χ2v) is 7.65. The van der Waals surface area contributed by atoms with Crippen molar-refractivity contribution in [3.05, 3.63) is 18.4 Å². The van der Waals surface area contributed by atoms with Gasteiger partial charge in [0.05, 0.1) is 5.69 Å². The highest BCUT2D eigenvalue weighted by Gasteiger charge is 2.38. The van der Waals surface area contributed by atoms with Crippen molar-refractivity contribution in [1.82, 2.24) is 14.8 Å². The molecule has 4 rings (SSSR count). The zero-order valence-corrected chi connectivity index (χ0v) is 13.8. The molecule has 23 heavy (non-hydrogen) atoms. The van der Waals surface area contributed by atoms with Crippen molar-refractivity contribution in [2.45, 2.75) is 45.1 Å². The summed E-state index contributed by atoms with van der Waals surface area (Å²) in [5.41, 5.74) is 1.00. The first-order valence-corrected chi connectivity index (χ1v) is 9.15. The fourth-order valence-corrected chi connectivity index (χ4v) is 4.71. The lowest BCUT2D eigenvalue weighted by atomic mass is 9.93. The molecule has 2 saturated heterocycles. The van der Waals surface area contributed by atoms with Gasteiger partial charge in [0.25, 0.3) is 0 Å². The Hall–Kier alpha value is -1.36. The third-order valence-corrected chi connectivity index (χ3v) is 6.12. The molecular formula is C18H27N3O2. The number of likely N-dealkylation sites (tertiary alicyclic amines) is 2. The number of aromatic nitrogens is 1. The molecule has 1 aliphatic carbocycles. The normalized spacial score (nSPS) is 29.1. The summed E-state index contributed by atoms with van der Waals surface area (Å²) in [6, 6.07) is 0. The Labute approximate surface area is 138 Å². The largest absolute Gasteiger partial charge is 0.451 e. The van der Waals surface area contributed by atoms with E-state index in [1.165, 1.54) is 25.7 Å². The minimum atomic E-state index is 0.411. The highest BCUT2D eigenvalue weighted by molar-refractivity contribution is 5.76. The number of rotatable bonds is 4. The van der Waals surface area contributed by atoms with Gasteiger partial charge in [0.15, 0.2) is 6.39 Å². The number of oxazole rings is 1. The van der Waals surface area contributed by atoms with Crippen LogP contribution >= 0.6 is 0 Å². The van der Waals surface area contributed by atoms with Gasteiger partial charge >= 0.3 is 0 Å².